The maximum absolute atomic E-state index is 10.8. The summed E-state index contributed by atoms with van der Waals surface area (Å²) in [4.78, 5) is 0. The molecular weight excluding hydrogens is 260 g/mol. The van der Waals surface area contributed by atoms with Crippen molar-refractivity contribution in [1.29, 1.82) is 0 Å². The maximum Gasteiger partial charge on any atom is 0.122 e. The number of aryl methyl sites for hydroxylation is 2. The minimum atomic E-state index is -0.791. The van der Waals surface area contributed by atoms with Gasteiger partial charge >= 0.3 is 0 Å². The molecule has 1 heterocycles. The lowest BCUT2D eigenvalue weighted by molar-refractivity contribution is 0.0474. The van der Waals surface area contributed by atoms with Crippen molar-refractivity contribution in [3.05, 3.63) is 64.7 Å². The van der Waals surface area contributed by atoms with Crippen molar-refractivity contribution in [1.82, 2.24) is 0 Å². The molecule has 0 aromatic heterocycles. The normalized spacial score (nSPS) is 16.1. The Morgan fingerprint density at radius 3 is 2.81 bits per heavy atom. The van der Waals surface area contributed by atoms with E-state index in [9.17, 15) is 5.11 Å². The molecule has 0 saturated heterocycles. The Kier molecular flexibility index (Phi) is 3.73. The van der Waals surface area contributed by atoms with Gasteiger partial charge in [-0.1, -0.05) is 36.4 Å². The first-order valence-corrected chi connectivity index (χ1v) is 7.59. The fraction of sp³-hybridized carbons (Fsp3) is 0.368. The maximum atomic E-state index is 10.8. The molecule has 110 valence electrons. The molecule has 1 N–H and O–H groups in total. The first-order chi connectivity index (χ1) is 10.1. The summed E-state index contributed by atoms with van der Waals surface area (Å²) < 4.78 is 5.53. The highest BCUT2D eigenvalue weighted by Crippen LogP contribution is 2.30. The fourth-order valence-corrected chi connectivity index (χ4v) is 3.10. The molecule has 1 unspecified atom stereocenters. The van der Waals surface area contributed by atoms with Crippen molar-refractivity contribution >= 4 is 0 Å². The summed E-state index contributed by atoms with van der Waals surface area (Å²) in [6, 6.07) is 14.5. The Bertz CT molecular complexity index is 644. The average molecular weight is 282 g/mol. The van der Waals surface area contributed by atoms with Crippen LogP contribution in [-0.2, 0) is 18.4 Å². The third-order valence-electron chi connectivity index (χ3n) is 4.38. The molecule has 0 bridgehead atoms. The van der Waals surface area contributed by atoms with Crippen LogP contribution in [0, 0.1) is 6.92 Å². The minimum absolute atomic E-state index is 0.720. The highest BCUT2D eigenvalue weighted by molar-refractivity contribution is 5.40. The lowest BCUT2D eigenvalue weighted by Crippen LogP contribution is -2.23. The molecule has 2 aromatic rings. The molecule has 1 aliphatic heterocycles. The second-order valence-electron chi connectivity index (χ2n) is 6.13. The summed E-state index contributed by atoms with van der Waals surface area (Å²) in [5.41, 5.74) is 3.94. The van der Waals surface area contributed by atoms with E-state index in [2.05, 4.69) is 31.2 Å². The lowest BCUT2D eigenvalue weighted by atomic mass is 9.86. The molecule has 0 spiro atoms. The minimum Gasteiger partial charge on any atom is -0.493 e. The first-order valence-electron chi connectivity index (χ1n) is 7.59. The molecule has 0 fully saturated rings. The molecule has 3 rings (SSSR count). The number of fused-ring (bicyclic) bond motifs is 1. The zero-order chi connectivity index (χ0) is 14.9. The van der Waals surface area contributed by atoms with E-state index in [-0.39, 0.29) is 0 Å². The van der Waals surface area contributed by atoms with Crippen LogP contribution in [0.2, 0.25) is 0 Å². The van der Waals surface area contributed by atoms with Gasteiger partial charge in [-0.05, 0) is 55.0 Å². The molecule has 2 aromatic carbocycles. The first kappa shape index (κ1) is 14.2. The number of benzene rings is 2. The Labute approximate surface area is 126 Å². The molecule has 0 amide bonds. The standard InChI is InChI=1S/C19H22O2/c1-14-5-3-4-6-17(14)19(2,20)11-9-15-7-8-18-16(13-15)10-12-21-18/h3-8,13,20H,9-12H2,1-2H3. The SMILES string of the molecule is Cc1ccccc1C(C)(O)CCc1ccc2c(c1)CCO2. The van der Waals surface area contributed by atoms with Crippen molar-refractivity contribution in [2.24, 2.45) is 0 Å². The van der Waals surface area contributed by atoms with Gasteiger partial charge < -0.3 is 9.84 Å². The van der Waals surface area contributed by atoms with Gasteiger partial charge in [-0.15, -0.1) is 0 Å². The smallest absolute Gasteiger partial charge is 0.122 e. The van der Waals surface area contributed by atoms with E-state index in [1.54, 1.807) is 0 Å². The Balaban J connectivity index is 1.73. The van der Waals surface area contributed by atoms with E-state index in [4.69, 9.17) is 4.74 Å². The van der Waals surface area contributed by atoms with Crippen LogP contribution >= 0.6 is 0 Å². The second kappa shape index (κ2) is 5.53. The van der Waals surface area contributed by atoms with Crippen LogP contribution in [0.15, 0.2) is 42.5 Å². The number of rotatable bonds is 4. The van der Waals surface area contributed by atoms with Gasteiger partial charge in [0.05, 0.1) is 12.2 Å². The predicted molar refractivity (Wildman–Crippen MR) is 84.7 cm³/mol. The molecule has 2 heteroatoms. The van der Waals surface area contributed by atoms with Crippen LogP contribution in [0.25, 0.3) is 0 Å². The highest BCUT2D eigenvalue weighted by Gasteiger charge is 2.24. The van der Waals surface area contributed by atoms with Crippen LogP contribution in [0.5, 0.6) is 5.75 Å². The van der Waals surface area contributed by atoms with E-state index in [0.717, 1.165) is 42.7 Å². The van der Waals surface area contributed by atoms with E-state index in [1.165, 1.54) is 11.1 Å². The van der Waals surface area contributed by atoms with Gasteiger partial charge in [-0.3, -0.25) is 0 Å². The number of hydrogen-bond acceptors (Lipinski definition) is 2. The quantitative estimate of drug-likeness (QED) is 0.925. The van der Waals surface area contributed by atoms with Gasteiger partial charge in [-0.25, -0.2) is 0 Å². The van der Waals surface area contributed by atoms with Gasteiger partial charge in [0.25, 0.3) is 0 Å². The van der Waals surface area contributed by atoms with Crippen molar-refractivity contribution in [2.45, 2.75) is 38.7 Å². The van der Waals surface area contributed by atoms with E-state index in [1.807, 2.05) is 25.1 Å². The van der Waals surface area contributed by atoms with E-state index in [0.29, 0.717) is 0 Å². The third kappa shape index (κ3) is 2.96. The number of ether oxygens (including phenoxy) is 1. The Hall–Kier alpha value is -1.80. The monoisotopic (exact) mass is 282 g/mol. The van der Waals surface area contributed by atoms with Gasteiger partial charge in [0.2, 0.25) is 0 Å². The van der Waals surface area contributed by atoms with Crippen LogP contribution in [-0.4, -0.2) is 11.7 Å². The summed E-state index contributed by atoms with van der Waals surface area (Å²) in [6.45, 7) is 4.75. The third-order valence-corrected chi connectivity index (χ3v) is 4.38. The summed E-state index contributed by atoms with van der Waals surface area (Å²) in [6.07, 6.45) is 2.59. The van der Waals surface area contributed by atoms with Crippen molar-refractivity contribution in [2.75, 3.05) is 6.61 Å². The zero-order valence-corrected chi connectivity index (χ0v) is 12.7. The largest absolute Gasteiger partial charge is 0.493 e. The molecule has 0 radical (unpaired) electrons. The van der Waals surface area contributed by atoms with Gasteiger partial charge in [0, 0.05) is 6.42 Å². The Morgan fingerprint density at radius 1 is 1.19 bits per heavy atom. The lowest BCUT2D eigenvalue weighted by Gasteiger charge is -2.26. The van der Waals surface area contributed by atoms with Crippen molar-refractivity contribution < 1.29 is 9.84 Å². The second-order valence-corrected chi connectivity index (χ2v) is 6.13. The summed E-state index contributed by atoms with van der Waals surface area (Å²) in [5, 5.41) is 10.8. The fourth-order valence-electron chi connectivity index (χ4n) is 3.10. The molecule has 0 saturated carbocycles. The molecule has 21 heavy (non-hydrogen) atoms. The summed E-state index contributed by atoms with van der Waals surface area (Å²) in [7, 11) is 0. The van der Waals surface area contributed by atoms with Crippen LogP contribution in [0.4, 0.5) is 0 Å². The number of aliphatic hydroxyl groups is 1. The molecule has 0 aliphatic carbocycles. The summed E-state index contributed by atoms with van der Waals surface area (Å²) >= 11 is 0. The molecule has 1 aliphatic rings. The van der Waals surface area contributed by atoms with Crippen molar-refractivity contribution in [3.63, 3.8) is 0 Å². The van der Waals surface area contributed by atoms with Gasteiger partial charge in [0.15, 0.2) is 0 Å². The summed E-state index contributed by atoms with van der Waals surface area (Å²) in [5.74, 6) is 1.02. The zero-order valence-electron chi connectivity index (χ0n) is 12.7. The molecule has 2 nitrogen and oxygen atoms in total. The van der Waals surface area contributed by atoms with Gasteiger partial charge in [-0.2, -0.15) is 0 Å². The Morgan fingerprint density at radius 2 is 2.00 bits per heavy atom. The van der Waals surface area contributed by atoms with Crippen LogP contribution in [0.3, 0.4) is 0 Å². The highest BCUT2D eigenvalue weighted by atomic mass is 16.5. The van der Waals surface area contributed by atoms with E-state index < -0.39 is 5.60 Å². The topological polar surface area (TPSA) is 29.5 Å². The average Bonchev–Trinajstić information content (AvgIpc) is 2.93. The van der Waals surface area contributed by atoms with Gasteiger partial charge in [0.1, 0.15) is 5.75 Å². The molecular formula is C19H22O2. The van der Waals surface area contributed by atoms with Crippen molar-refractivity contribution in [3.8, 4) is 5.75 Å². The van der Waals surface area contributed by atoms with Crippen LogP contribution in [0.1, 0.15) is 35.6 Å². The van der Waals surface area contributed by atoms with Crippen LogP contribution < -0.4 is 4.74 Å². The molecule has 1 atom stereocenters. The number of hydrogen-bond donors (Lipinski definition) is 1. The predicted octanol–water partition coefficient (Wildman–Crippen LogP) is 3.77. The van der Waals surface area contributed by atoms with E-state index >= 15 is 0 Å².